The maximum Gasteiger partial charge on any atom is 0.134 e. The van der Waals surface area contributed by atoms with E-state index in [2.05, 4.69) is 0 Å². The molecule has 1 aliphatic carbocycles. The first-order chi connectivity index (χ1) is 4.72. The van der Waals surface area contributed by atoms with Crippen molar-refractivity contribution in [3.8, 4) is 0 Å². The minimum absolute atomic E-state index is 0.0131. The molecule has 0 aromatic rings. The van der Waals surface area contributed by atoms with E-state index in [0.29, 0.717) is 25.4 Å². The Morgan fingerprint density at radius 1 is 1.30 bits per heavy atom. The predicted molar refractivity (Wildman–Crippen MR) is 33.4 cm³/mol. The molecule has 0 unspecified atom stereocenters. The third-order valence-corrected chi connectivity index (χ3v) is 1.86. The summed E-state index contributed by atoms with van der Waals surface area (Å²) in [7, 11) is 0. The molecule has 1 rings (SSSR count). The molecular weight excluding hydrogens is 132 g/mol. The Morgan fingerprint density at radius 3 is 2.10 bits per heavy atom. The first kappa shape index (κ1) is 7.12. The van der Waals surface area contributed by atoms with Gasteiger partial charge in [0.05, 0.1) is 5.41 Å². The van der Waals surface area contributed by atoms with Crippen LogP contribution in [-0.4, -0.2) is 18.4 Å². The first-order valence-electron chi connectivity index (χ1n) is 3.17. The number of hydrogen-bond donors (Lipinski definition) is 0. The molecule has 10 heavy (non-hydrogen) atoms. The SMILES string of the molecule is O=CC1(C=O)CCC(=O)C1. The van der Waals surface area contributed by atoms with Gasteiger partial charge in [0.2, 0.25) is 0 Å². The van der Waals surface area contributed by atoms with Crippen molar-refractivity contribution in [3.05, 3.63) is 0 Å². The van der Waals surface area contributed by atoms with Gasteiger partial charge in [-0.25, -0.2) is 0 Å². The van der Waals surface area contributed by atoms with E-state index in [4.69, 9.17) is 0 Å². The molecule has 3 heteroatoms. The number of rotatable bonds is 2. The monoisotopic (exact) mass is 140 g/mol. The van der Waals surface area contributed by atoms with E-state index in [1.807, 2.05) is 0 Å². The molecule has 0 heterocycles. The van der Waals surface area contributed by atoms with Crippen molar-refractivity contribution in [2.45, 2.75) is 19.3 Å². The summed E-state index contributed by atoms with van der Waals surface area (Å²) in [4.78, 5) is 31.3. The van der Waals surface area contributed by atoms with Crippen LogP contribution in [0.25, 0.3) is 0 Å². The summed E-state index contributed by atoms with van der Waals surface area (Å²) >= 11 is 0. The molecule has 0 spiro atoms. The molecule has 0 atom stereocenters. The molecule has 0 bridgehead atoms. The van der Waals surface area contributed by atoms with Gasteiger partial charge in [-0.3, -0.25) is 4.79 Å². The number of carbonyl (C=O) groups excluding carboxylic acids is 3. The van der Waals surface area contributed by atoms with Crippen LogP contribution in [0.1, 0.15) is 19.3 Å². The minimum Gasteiger partial charge on any atom is -0.302 e. The second-order valence-electron chi connectivity index (χ2n) is 2.68. The molecule has 54 valence electrons. The average molecular weight is 140 g/mol. The van der Waals surface area contributed by atoms with E-state index in [1.54, 1.807) is 0 Å². The molecule has 0 saturated heterocycles. The largest absolute Gasteiger partial charge is 0.302 e. The Balaban J connectivity index is 2.77. The zero-order chi connectivity index (χ0) is 7.61. The molecule has 0 aromatic heterocycles. The average Bonchev–Trinajstić information content (AvgIpc) is 2.33. The van der Waals surface area contributed by atoms with Crippen molar-refractivity contribution in [1.82, 2.24) is 0 Å². The number of aldehydes is 2. The van der Waals surface area contributed by atoms with Crippen LogP contribution >= 0.6 is 0 Å². The molecule has 1 saturated carbocycles. The Kier molecular flexibility index (Phi) is 1.66. The molecule has 3 nitrogen and oxygen atoms in total. The van der Waals surface area contributed by atoms with Gasteiger partial charge in [-0.15, -0.1) is 0 Å². The van der Waals surface area contributed by atoms with E-state index in [0.717, 1.165) is 0 Å². The summed E-state index contributed by atoms with van der Waals surface area (Å²) in [5, 5.41) is 0. The summed E-state index contributed by atoms with van der Waals surface area (Å²) in [5.41, 5.74) is -0.961. The van der Waals surface area contributed by atoms with Crippen LogP contribution in [0.2, 0.25) is 0 Å². The number of carbonyl (C=O) groups is 3. The van der Waals surface area contributed by atoms with Gasteiger partial charge in [0, 0.05) is 12.8 Å². The quantitative estimate of drug-likeness (QED) is 0.404. The summed E-state index contributed by atoms with van der Waals surface area (Å²) in [6.07, 6.45) is 2.06. The van der Waals surface area contributed by atoms with Crippen molar-refractivity contribution in [2.75, 3.05) is 0 Å². The van der Waals surface area contributed by atoms with E-state index in [1.165, 1.54) is 0 Å². The van der Waals surface area contributed by atoms with Gasteiger partial charge >= 0.3 is 0 Å². The van der Waals surface area contributed by atoms with E-state index >= 15 is 0 Å². The van der Waals surface area contributed by atoms with E-state index < -0.39 is 5.41 Å². The van der Waals surface area contributed by atoms with Gasteiger partial charge in [-0.1, -0.05) is 0 Å². The van der Waals surface area contributed by atoms with Crippen LogP contribution in [0.15, 0.2) is 0 Å². The third kappa shape index (κ3) is 0.988. The highest BCUT2D eigenvalue weighted by molar-refractivity contribution is 5.95. The van der Waals surface area contributed by atoms with Crippen molar-refractivity contribution in [1.29, 1.82) is 0 Å². The zero-order valence-electron chi connectivity index (χ0n) is 5.50. The fraction of sp³-hybridized carbons (Fsp3) is 0.571. The summed E-state index contributed by atoms with van der Waals surface area (Å²) in [6, 6.07) is 0. The van der Waals surface area contributed by atoms with Gasteiger partial charge < -0.3 is 9.59 Å². The molecule has 0 aliphatic heterocycles. The highest BCUT2D eigenvalue weighted by Crippen LogP contribution is 2.31. The van der Waals surface area contributed by atoms with Gasteiger partial charge in [0.15, 0.2) is 0 Å². The molecule has 0 N–H and O–H groups in total. The number of ketones is 1. The zero-order valence-corrected chi connectivity index (χ0v) is 5.50. The number of Topliss-reactive ketones (excluding diaryl/α,β-unsaturated/α-hetero) is 1. The van der Waals surface area contributed by atoms with Crippen LogP contribution < -0.4 is 0 Å². The Morgan fingerprint density at radius 2 is 1.90 bits per heavy atom. The lowest BCUT2D eigenvalue weighted by atomic mass is 9.90. The van der Waals surface area contributed by atoms with E-state index in [-0.39, 0.29) is 12.2 Å². The fourth-order valence-corrected chi connectivity index (χ4v) is 1.14. The van der Waals surface area contributed by atoms with Crippen molar-refractivity contribution >= 4 is 18.4 Å². The summed E-state index contributed by atoms with van der Waals surface area (Å²) in [6.45, 7) is 0. The summed E-state index contributed by atoms with van der Waals surface area (Å²) in [5.74, 6) is 0.0131. The Bertz CT molecular complexity index is 175. The molecular formula is C7H8O3. The topological polar surface area (TPSA) is 51.2 Å². The molecule has 0 radical (unpaired) electrons. The molecule has 0 amide bonds. The van der Waals surface area contributed by atoms with Gasteiger partial charge in [0.1, 0.15) is 18.4 Å². The molecule has 1 aliphatic rings. The lowest BCUT2D eigenvalue weighted by Gasteiger charge is -2.08. The number of hydrogen-bond acceptors (Lipinski definition) is 3. The van der Waals surface area contributed by atoms with Crippen LogP contribution in [0.5, 0.6) is 0 Å². The Hall–Kier alpha value is -0.990. The smallest absolute Gasteiger partial charge is 0.134 e. The maximum atomic E-state index is 10.7. The van der Waals surface area contributed by atoms with Gasteiger partial charge in [-0.05, 0) is 6.42 Å². The highest BCUT2D eigenvalue weighted by Gasteiger charge is 2.37. The van der Waals surface area contributed by atoms with Crippen molar-refractivity contribution in [2.24, 2.45) is 5.41 Å². The predicted octanol–water partition coefficient (Wildman–Crippen LogP) is 0.124. The Labute approximate surface area is 58.4 Å². The van der Waals surface area contributed by atoms with Gasteiger partial charge in [-0.2, -0.15) is 0 Å². The van der Waals surface area contributed by atoms with Crippen molar-refractivity contribution in [3.63, 3.8) is 0 Å². The lowest BCUT2D eigenvalue weighted by Crippen LogP contribution is -2.20. The van der Waals surface area contributed by atoms with Crippen LogP contribution in [-0.2, 0) is 14.4 Å². The fourth-order valence-electron chi connectivity index (χ4n) is 1.14. The minimum atomic E-state index is -0.961. The maximum absolute atomic E-state index is 10.7. The van der Waals surface area contributed by atoms with Crippen LogP contribution in [0.4, 0.5) is 0 Å². The van der Waals surface area contributed by atoms with Crippen molar-refractivity contribution < 1.29 is 14.4 Å². The molecule has 0 aromatic carbocycles. The first-order valence-corrected chi connectivity index (χ1v) is 3.17. The highest BCUT2D eigenvalue weighted by atomic mass is 16.1. The van der Waals surface area contributed by atoms with E-state index in [9.17, 15) is 14.4 Å². The molecule has 1 fully saturated rings. The standard InChI is InChI=1S/C7H8O3/c8-4-7(5-9)2-1-6(10)3-7/h4-5H,1-3H2. The second kappa shape index (κ2) is 2.33. The van der Waals surface area contributed by atoms with Crippen LogP contribution in [0.3, 0.4) is 0 Å². The normalized spacial score (nSPS) is 22.6. The lowest BCUT2D eigenvalue weighted by molar-refractivity contribution is -0.128. The summed E-state index contributed by atoms with van der Waals surface area (Å²) < 4.78 is 0. The van der Waals surface area contributed by atoms with Gasteiger partial charge in [0.25, 0.3) is 0 Å². The third-order valence-electron chi connectivity index (χ3n) is 1.86. The van der Waals surface area contributed by atoms with Crippen LogP contribution in [0, 0.1) is 5.41 Å². The second-order valence-corrected chi connectivity index (χ2v) is 2.68.